The third kappa shape index (κ3) is 23.6. The third-order valence-electron chi connectivity index (χ3n) is 13.1. The molecule has 2 saturated heterocycles. The van der Waals surface area contributed by atoms with Gasteiger partial charge in [-0.15, -0.1) is 23.4 Å². The van der Waals surface area contributed by atoms with E-state index in [2.05, 4.69) is 31.0 Å². The van der Waals surface area contributed by atoms with E-state index in [0.717, 1.165) is 64.3 Å². The van der Waals surface area contributed by atoms with E-state index in [1.54, 1.807) is 6.92 Å². The molecule has 2 aliphatic rings. The maximum atomic E-state index is 13.8. The Morgan fingerprint density at radius 1 is 0.689 bits per heavy atom. The summed E-state index contributed by atoms with van der Waals surface area (Å²) in [4.78, 5) is 42.6. The summed E-state index contributed by atoms with van der Waals surface area (Å²) in [6.07, 6.45) is 32.2. The fraction of sp³-hybridized carbons (Fsp3) is 0.940. The number of amides is 1. The van der Waals surface area contributed by atoms with E-state index >= 15 is 0 Å². The Morgan fingerprint density at radius 2 is 1.10 bits per heavy atom. The molecule has 2 fully saturated rings. The Bertz CT molecular complexity index is 1130. The van der Waals surface area contributed by atoms with Crippen LogP contribution in [0.3, 0.4) is 0 Å². The molecule has 0 aliphatic carbocycles. The highest BCUT2D eigenvalue weighted by atomic mass is 35.5. The molecule has 0 aromatic rings. The number of carbonyl (C=O) groups excluding carboxylic acids is 3. The van der Waals surface area contributed by atoms with Crippen LogP contribution < -0.4 is 5.32 Å². The van der Waals surface area contributed by atoms with Crippen molar-refractivity contribution in [3.8, 4) is 0 Å². The van der Waals surface area contributed by atoms with Crippen LogP contribution in [-0.4, -0.2) is 95.0 Å². The average Bonchev–Trinajstić information content (AvgIpc) is 3.61. The fourth-order valence-electron chi connectivity index (χ4n) is 9.34. The zero-order valence-corrected chi connectivity index (χ0v) is 41.5. The number of nitrogens with zero attached hydrogens (tertiary/aromatic N) is 1. The monoisotopic (exact) mass is 901 g/mol. The van der Waals surface area contributed by atoms with Gasteiger partial charge in [-0.2, -0.15) is 0 Å². The molecule has 2 rings (SSSR count). The van der Waals surface area contributed by atoms with Crippen molar-refractivity contribution in [1.82, 2.24) is 10.2 Å². The van der Waals surface area contributed by atoms with Crippen LogP contribution in [0.4, 0.5) is 0 Å². The van der Waals surface area contributed by atoms with Gasteiger partial charge in [0, 0.05) is 19.4 Å². The second kappa shape index (κ2) is 35.2. The molecule has 1 amide bonds. The van der Waals surface area contributed by atoms with E-state index in [-0.39, 0.29) is 30.8 Å². The molecule has 0 aromatic heterocycles. The highest BCUT2D eigenvalue weighted by Crippen LogP contribution is 2.35. The molecule has 0 unspecified atom stereocenters. The first-order valence-corrected chi connectivity index (χ1v) is 27.2. The highest BCUT2D eigenvalue weighted by molar-refractivity contribution is 7.99. The van der Waals surface area contributed by atoms with Crippen molar-refractivity contribution in [2.45, 2.75) is 274 Å². The lowest BCUT2D eigenvalue weighted by Crippen LogP contribution is -2.66. The summed E-state index contributed by atoms with van der Waals surface area (Å²) in [6, 6.07) is -1.08. The summed E-state index contributed by atoms with van der Waals surface area (Å²) in [5, 5.41) is 14.5. The number of nitrogens with one attached hydrogen (secondary N) is 1. The number of unbranched alkanes of at least 4 members (excludes halogenated alkanes) is 24. The van der Waals surface area contributed by atoms with Crippen molar-refractivity contribution in [2.24, 2.45) is 5.92 Å². The van der Waals surface area contributed by atoms with Gasteiger partial charge in [-0.3, -0.25) is 19.3 Å². The molecule has 61 heavy (non-hydrogen) atoms. The summed E-state index contributed by atoms with van der Waals surface area (Å²) in [5.41, 5.74) is -0.740. The van der Waals surface area contributed by atoms with Crippen molar-refractivity contribution in [1.29, 1.82) is 0 Å². The number of likely N-dealkylation sites (tertiary alicyclic amines) is 1. The van der Waals surface area contributed by atoms with Gasteiger partial charge in [0.05, 0.1) is 17.5 Å². The van der Waals surface area contributed by atoms with E-state index in [0.29, 0.717) is 12.3 Å². The number of thioether (sulfide) groups is 1. The van der Waals surface area contributed by atoms with Crippen molar-refractivity contribution in [3.05, 3.63) is 0 Å². The standard InChI is InChI=1S/C50H93ClN2O7S/c1-7-10-12-14-16-18-20-22-24-26-28-30-32-35-42(54)58-47-45(56)46(44(39(4)51)52-49(57)41-37-40(34-9-3)38-53(41)5)60-50(61-6)48(47)59-43(55)36-33-31-29-27-25-23-21-19-17-15-13-11-8-2/h39-41,44-48,50,56H,7-38H2,1-6H3,(H,52,57)/t39-,40+,41-,44+,45-,46+,47-,48+,50+/m0/s1. The number of halogens is 1. The molecule has 358 valence electrons. The molecule has 0 aromatic carbocycles. The lowest BCUT2D eigenvalue weighted by molar-refractivity contribution is -0.229. The van der Waals surface area contributed by atoms with E-state index in [9.17, 15) is 19.5 Å². The highest BCUT2D eigenvalue weighted by Gasteiger charge is 2.53. The summed E-state index contributed by atoms with van der Waals surface area (Å²) in [5.74, 6) is -0.527. The lowest BCUT2D eigenvalue weighted by atomic mass is 9.92. The van der Waals surface area contributed by atoms with Gasteiger partial charge in [0.25, 0.3) is 0 Å². The van der Waals surface area contributed by atoms with Gasteiger partial charge < -0.3 is 24.6 Å². The molecule has 2 heterocycles. The summed E-state index contributed by atoms with van der Waals surface area (Å²) in [7, 11) is 1.97. The topological polar surface area (TPSA) is 114 Å². The Hall–Kier alpha value is -1.07. The Kier molecular flexibility index (Phi) is 32.4. The predicted octanol–water partition coefficient (Wildman–Crippen LogP) is 12.5. The van der Waals surface area contributed by atoms with Gasteiger partial charge in [-0.1, -0.05) is 181 Å². The zero-order chi connectivity index (χ0) is 44.7. The number of carbonyl (C=O) groups is 3. The number of aliphatic hydroxyl groups excluding tert-OH is 1. The number of rotatable bonds is 37. The van der Waals surface area contributed by atoms with E-state index in [4.69, 9.17) is 25.8 Å². The molecule has 9 atom stereocenters. The maximum absolute atomic E-state index is 13.8. The zero-order valence-electron chi connectivity index (χ0n) is 40.0. The minimum absolute atomic E-state index is 0.155. The average molecular weight is 902 g/mol. The number of likely N-dealkylation sites (N-methyl/N-ethyl adjacent to an activating group) is 1. The Balaban J connectivity index is 1.98. The van der Waals surface area contributed by atoms with Crippen LogP contribution >= 0.6 is 23.4 Å². The van der Waals surface area contributed by atoms with Gasteiger partial charge in [0.15, 0.2) is 12.2 Å². The molecule has 0 spiro atoms. The lowest BCUT2D eigenvalue weighted by Gasteiger charge is -2.46. The van der Waals surface area contributed by atoms with Gasteiger partial charge >= 0.3 is 11.9 Å². The van der Waals surface area contributed by atoms with Gasteiger partial charge in [0.2, 0.25) is 5.91 Å². The molecule has 0 saturated carbocycles. The second-order valence-corrected chi connectivity index (χ2v) is 20.3. The second-order valence-electron chi connectivity index (χ2n) is 18.6. The van der Waals surface area contributed by atoms with Crippen molar-refractivity contribution < 1.29 is 33.7 Å². The summed E-state index contributed by atoms with van der Waals surface area (Å²) < 4.78 is 18.6. The number of alkyl halides is 1. The van der Waals surface area contributed by atoms with Crippen LogP contribution in [0, 0.1) is 5.92 Å². The van der Waals surface area contributed by atoms with Crippen LogP contribution in [0.15, 0.2) is 0 Å². The van der Waals surface area contributed by atoms with E-state index < -0.39 is 47.2 Å². The van der Waals surface area contributed by atoms with Crippen molar-refractivity contribution in [2.75, 3.05) is 19.8 Å². The number of aliphatic hydroxyl groups is 1. The Morgan fingerprint density at radius 3 is 1.49 bits per heavy atom. The fourth-order valence-corrected chi connectivity index (χ4v) is 10.3. The number of hydrogen-bond acceptors (Lipinski definition) is 9. The Labute approximate surface area is 383 Å². The first-order chi connectivity index (χ1) is 29.6. The summed E-state index contributed by atoms with van der Waals surface area (Å²) in [6.45, 7) is 9.30. The molecule has 0 bridgehead atoms. The summed E-state index contributed by atoms with van der Waals surface area (Å²) >= 11 is 8.10. The van der Waals surface area contributed by atoms with Crippen LogP contribution in [0.1, 0.15) is 227 Å². The minimum atomic E-state index is -1.38. The van der Waals surface area contributed by atoms with Crippen molar-refractivity contribution >= 4 is 41.2 Å². The first-order valence-electron chi connectivity index (χ1n) is 25.5. The van der Waals surface area contributed by atoms with Gasteiger partial charge in [-0.25, -0.2) is 0 Å². The molecule has 2 N–H and O–H groups in total. The molecule has 0 radical (unpaired) electrons. The third-order valence-corrected chi connectivity index (χ3v) is 14.2. The number of hydrogen-bond donors (Lipinski definition) is 2. The van der Waals surface area contributed by atoms with Crippen LogP contribution in [0.25, 0.3) is 0 Å². The van der Waals surface area contributed by atoms with Crippen LogP contribution in [-0.2, 0) is 28.6 Å². The first kappa shape index (κ1) is 56.1. The van der Waals surface area contributed by atoms with Crippen LogP contribution in [0.5, 0.6) is 0 Å². The minimum Gasteiger partial charge on any atom is -0.455 e. The number of esters is 2. The van der Waals surface area contributed by atoms with Crippen LogP contribution in [0.2, 0.25) is 0 Å². The maximum Gasteiger partial charge on any atom is 0.306 e. The number of ether oxygens (including phenoxy) is 3. The van der Waals surface area contributed by atoms with E-state index in [1.807, 2.05) is 13.3 Å². The van der Waals surface area contributed by atoms with Crippen molar-refractivity contribution in [3.63, 3.8) is 0 Å². The smallest absolute Gasteiger partial charge is 0.306 e. The van der Waals surface area contributed by atoms with Gasteiger partial charge in [-0.05, 0) is 51.8 Å². The quantitative estimate of drug-likeness (QED) is 0.0357. The predicted molar refractivity (Wildman–Crippen MR) is 255 cm³/mol. The molecular formula is C50H93ClN2O7S. The van der Waals surface area contributed by atoms with Gasteiger partial charge in [0.1, 0.15) is 17.6 Å². The molecular weight excluding hydrogens is 808 g/mol. The molecule has 9 nitrogen and oxygen atoms in total. The SMILES string of the molecule is CCCCCCCCCCCCCCCC(=O)O[C@@H]1[C@@H](OC(=O)CCCCCCCCCCCCCCC)[C@@H](O)[C@@H]([C@H](NC(=O)[C@@H]2C[C@@H](CCC)CN2C)[C@H](C)Cl)O[C@@H]1SC. The normalized spacial score (nSPS) is 24.1. The molecule has 2 aliphatic heterocycles. The van der Waals surface area contributed by atoms with E-state index in [1.165, 1.54) is 134 Å². The molecule has 11 heteroatoms. The largest absolute Gasteiger partial charge is 0.455 e.